The number of sulfonamides is 1. The first-order chi connectivity index (χ1) is 12.5. The molecule has 136 valence electrons. The number of carbonyl (C=O) groups is 1. The molecule has 2 aliphatic heterocycles. The summed E-state index contributed by atoms with van der Waals surface area (Å²) in [5, 5.41) is 0. The summed E-state index contributed by atoms with van der Waals surface area (Å²) >= 11 is 0. The lowest BCUT2D eigenvalue weighted by Crippen LogP contribution is -2.45. The van der Waals surface area contributed by atoms with Crippen LogP contribution in [0.5, 0.6) is 0 Å². The second-order valence-electron chi connectivity index (χ2n) is 6.61. The number of rotatable bonds is 2. The number of anilines is 1. The summed E-state index contributed by atoms with van der Waals surface area (Å²) in [5.41, 5.74) is 1.29. The molecule has 0 unspecified atom stereocenters. The molecule has 1 amide bonds. The summed E-state index contributed by atoms with van der Waals surface area (Å²) in [6.45, 7) is 1.04. The van der Waals surface area contributed by atoms with Crippen LogP contribution >= 0.6 is 0 Å². The molecule has 0 aromatic heterocycles. The Morgan fingerprint density at radius 3 is 2.50 bits per heavy atom. The van der Waals surface area contributed by atoms with Gasteiger partial charge in [0.1, 0.15) is 12.4 Å². The van der Waals surface area contributed by atoms with Gasteiger partial charge in [-0.15, -0.1) is 0 Å². The van der Waals surface area contributed by atoms with E-state index < -0.39 is 15.8 Å². The fourth-order valence-electron chi connectivity index (χ4n) is 3.64. The standard InChI is InChI=1S/C19H19FN2O3S/c20-14-8-9-17-16(12-14)15-6-2-3-7-18(15)26(24,25)22(17)13-19(23)21-10-4-1-5-11-21/h2-3,6-9,12H,1,4-5,10-11,13H2. The van der Waals surface area contributed by atoms with Gasteiger partial charge in [0.15, 0.2) is 0 Å². The van der Waals surface area contributed by atoms with Gasteiger partial charge in [-0.3, -0.25) is 9.10 Å². The summed E-state index contributed by atoms with van der Waals surface area (Å²) in [6.07, 6.45) is 2.95. The molecule has 0 aliphatic carbocycles. The number of benzene rings is 2. The minimum atomic E-state index is -3.88. The van der Waals surface area contributed by atoms with Crippen LogP contribution in [0.3, 0.4) is 0 Å². The zero-order valence-corrected chi connectivity index (χ0v) is 15.0. The van der Waals surface area contributed by atoms with E-state index in [9.17, 15) is 17.6 Å². The van der Waals surface area contributed by atoms with E-state index in [4.69, 9.17) is 0 Å². The first-order valence-corrected chi connectivity index (χ1v) is 10.1. The van der Waals surface area contributed by atoms with Crippen molar-refractivity contribution in [1.29, 1.82) is 0 Å². The van der Waals surface area contributed by atoms with Gasteiger partial charge in [0, 0.05) is 24.2 Å². The van der Waals surface area contributed by atoms with Crippen LogP contribution in [0.25, 0.3) is 11.1 Å². The molecule has 0 radical (unpaired) electrons. The molecular weight excluding hydrogens is 355 g/mol. The van der Waals surface area contributed by atoms with Crippen molar-refractivity contribution in [2.24, 2.45) is 0 Å². The number of hydrogen-bond acceptors (Lipinski definition) is 3. The third-order valence-electron chi connectivity index (χ3n) is 4.96. The predicted octanol–water partition coefficient (Wildman–Crippen LogP) is 3.01. The Morgan fingerprint density at radius 2 is 1.73 bits per heavy atom. The third kappa shape index (κ3) is 2.76. The Bertz CT molecular complexity index is 968. The van der Waals surface area contributed by atoms with Crippen molar-refractivity contribution >= 4 is 21.6 Å². The Balaban J connectivity index is 1.78. The molecule has 26 heavy (non-hydrogen) atoms. The smallest absolute Gasteiger partial charge is 0.265 e. The summed E-state index contributed by atoms with van der Waals surface area (Å²) in [6, 6.07) is 10.5. The zero-order valence-electron chi connectivity index (χ0n) is 14.2. The summed E-state index contributed by atoms with van der Waals surface area (Å²) in [5.74, 6) is -0.664. The van der Waals surface area contributed by atoms with Crippen LogP contribution in [-0.2, 0) is 14.8 Å². The van der Waals surface area contributed by atoms with Gasteiger partial charge < -0.3 is 4.90 Å². The van der Waals surface area contributed by atoms with E-state index in [0.717, 1.165) is 23.6 Å². The lowest BCUT2D eigenvalue weighted by Gasteiger charge is -2.34. The fraction of sp³-hybridized carbons (Fsp3) is 0.316. The molecule has 0 bridgehead atoms. The highest BCUT2D eigenvalue weighted by molar-refractivity contribution is 7.93. The highest BCUT2D eigenvalue weighted by atomic mass is 32.2. The molecule has 0 atom stereocenters. The maximum Gasteiger partial charge on any atom is 0.265 e. The quantitative estimate of drug-likeness (QED) is 0.812. The van der Waals surface area contributed by atoms with E-state index >= 15 is 0 Å². The van der Waals surface area contributed by atoms with Gasteiger partial charge in [0.2, 0.25) is 5.91 Å². The van der Waals surface area contributed by atoms with Crippen molar-refractivity contribution in [3.8, 4) is 11.1 Å². The highest BCUT2D eigenvalue weighted by Gasteiger charge is 2.36. The lowest BCUT2D eigenvalue weighted by molar-refractivity contribution is -0.130. The minimum Gasteiger partial charge on any atom is -0.341 e. The number of piperidine rings is 1. The van der Waals surface area contributed by atoms with E-state index in [0.29, 0.717) is 29.9 Å². The number of amides is 1. The van der Waals surface area contributed by atoms with Crippen molar-refractivity contribution in [1.82, 2.24) is 4.90 Å². The molecule has 4 rings (SSSR count). The maximum absolute atomic E-state index is 13.8. The van der Waals surface area contributed by atoms with Crippen LogP contribution in [-0.4, -0.2) is 38.9 Å². The molecular formula is C19H19FN2O3S. The molecule has 0 N–H and O–H groups in total. The second-order valence-corrected chi connectivity index (χ2v) is 8.44. The molecule has 0 spiro atoms. The second kappa shape index (κ2) is 6.39. The van der Waals surface area contributed by atoms with Crippen LogP contribution in [0.2, 0.25) is 0 Å². The van der Waals surface area contributed by atoms with Gasteiger partial charge in [0.05, 0.1) is 10.6 Å². The number of fused-ring (bicyclic) bond motifs is 3. The SMILES string of the molecule is O=C(CN1c2ccc(F)cc2-c2ccccc2S1(=O)=O)N1CCCCC1. The average molecular weight is 374 g/mol. The molecule has 2 heterocycles. The lowest BCUT2D eigenvalue weighted by atomic mass is 10.0. The maximum atomic E-state index is 13.8. The Kier molecular flexibility index (Phi) is 4.19. The monoisotopic (exact) mass is 374 g/mol. The number of hydrogen-bond donors (Lipinski definition) is 0. The largest absolute Gasteiger partial charge is 0.341 e. The van der Waals surface area contributed by atoms with Crippen molar-refractivity contribution in [3.63, 3.8) is 0 Å². The van der Waals surface area contributed by atoms with E-state index in [2.05, 4.69) is 0 Å². The molecule has 1 fully saturated rings. The van der Waals surface area contributed by atoms with E-state index in [1.807, 2.05) is 0 Å². The third-order valence-corrected chi connectivity index (χ3v) is 6.78. The van der Waals surface area contributed by atoms with Crippen molar-refractivity contribution in [2.45, 2.75) is 24.2 Å². The van der Waals surface area contributed by atoms with Gasteiger partial charge in [-0.25, -0.2) is 12.8 Å². The molecule has 1 saturated heterocycles. The van der Waals surface area contributed by atoms with E-state index in [-0.39, 0.29) is 17.3 Å². The van der Waals surface area contributed by atoms with Crippen LogP contribution < -0.4 is 4.31 Å². The normalized spacial score (nSPS) is 18.2. The Labute approximate surface area is 152 Å². The summed E-state index contributed by atoms with van der Waals surface area (Å²) in [7, 11) is -3.88. The van der Waals surface area contributed by atoms with Crippen molar-refractivity contribution in [3.05, 3.63) is 48.3 Å². The zero-order chi connectivity index (χ0) is 18.3. The molecule has 2 aromatic carbocycles. The fourth-order valence-corrected chi connectivity index (χ4v) is 5.28. The first-order valence-electron chi connectivity index (χ1n) is 8.68. The average Bonchev–Trinajstić information content (AvgIpc) is 2.66. The number of nitrogens with zero attached hydrogens (tertiary/aromatic N) is 2. The molecule has 2 aromatic rings. The van der Waals surface area contributed by atoms with Crippen molar-refractivity contribution in [2.75, 3.05) is 23.9 Å². The molecule has 7 heteroatoms. The van der Waals surface area contributed by atoms with Gasteiger partial charge in [0.25, 0.3) is 10.0 Å². The Morgan fingerprint density at radius 1 is 1.00 bits per heavy atom. The molecule has 2 aliphatic rings. The number of likely N-dealkylation sites (tertiary alicyclic amines) is 1. The Hall–Kier alpha value is -2.41. The van der Waals surface area contributed by atoms with Gasteiger partial charge >= 0.3 is 0 Å². The van der Waals surface area contributed by atoms with Crippen LogP contribution in [0.4, 0.5) is 10.1 Å². The topological polar surface area (TPSA) is 57.7 Å². The predicted molar refractivity (Wildman–Crippen MR) is 96.8 cm³/mol. The first kappa shape index (κ1) is 17.0. The number of carbonyl (C=O) groups excluding carboxylic acids is 1. The minimum absolute atomic E-state index is 0.101. The van der Waals surface area contributed by atoms with E-state index in [1.165, 1.54) is 24.3 Å². The highest BCUT2D eigenvalue weighted by Crippen LogP contribution is 2.43. The van der Waals surface area contributed by atoms with Crippen molar-refractivity contribution < 1.29 is 17.6 Å². The van der Waals surface area contributed by atoms with Gasteiger partial charge in [-0.1, -0.05) is 18.2 Å². The van der Waals surface area contributed by atoms with Gasteiger partial charge in [-0.2, -0.15) is 0 Å². The van der Waals surface area contributed by atoms with Crippen LogP contribution in [0.15, 0.2) is 47.4 Å². The molecule has 0 saturated carbocycles. The molecule has 5 nitrogen and oxygen atoms in total. The number of halogens is 1. The van der Waals surface area contributed by atoms with Gasteiger partial charge in [-0.05, 0) is 43.5 Å². The summed E-state index contributed by atoms with van der Waals surface area (Å²) < 4.78 is 41.2. The van der Waals surface area contributed by atoms with E-state index in [1.54, 1.807) is 23.1 Å². The summed E-state index contributed by atoms with van der Waals surface area (Å²) in [4.78, 5) is 14.5. The van der Waals surface area contributed by atoms with Crippen LogP contribution in [0, 0.1) is 5.82 Å². The van der Waals surface area contributed by atoms with Crippen LogP contribution in [0.1, 0.15) is 19.3 Å².